The predicted molar refractivity (Wildman–Crippen MR) is 90.3 cm³/mol. The Kier molecular flexibility index (Phi) is 5.39. The lowest BCUT2D eigenvalue weighted by atomic mass is 9.96. The van der Waals surface area contributed by atoms with E-state index in [9.17, 15) is 18.0 Å². The summed E-state index contributed by atoms with van der Waals surface area (Å²) in [5.74, 6) is 0.203. The molecule has 3 rings (SSSR count). The van der Waals surface area contributed by atoms with Gasteiger partial charge in [-0.3, -0.25) is 4.79 Å². The lowest BCUT2D eigenvalue weighted by molar-refractivity contribution is -0.138. The summed E-state index contributed by atoms with van der Waals surface area (Å²) in [6, 6.07) is 7.03. The van der Waals surface area contributed by atoms with E-state index in [0.29, 0.717) is 31.9 Å². The Morgan fingerprint density at radius 2 is 1.77 bits per heavy atom. The number of piperidine rings is 1. The van der Waals surface area contributed by atoms with Gasteiger partial charge >= 0.3 is 6.18 Å². The van der Waals surface area contributed by atoms with Crippen LogP contribution in [0.5, 0.6) is 0 Å². The molecule has 1 aliphatic rings. The van der Waals surface area contributed by atoms with Crippen molar-refractivity contribution in [1.29, 1.82) is 0 Å². The monoisotopic (exact) mass is 364 g/mol. The summed E-state index contributed by atoms with van der Waals surface area (Å²) in [6.07, 6.45) is 0.136. The molecule has 0 aliphatic carbocycles. The highest BCUT2D eigenvalue weighted by molar-refractivity contribution is 5.79. The largest absolute Gasteiger partial charge is 0.416 e. The first-order valence-corrected chi connectivity index (χ1v) is 8.40. The number of aromatic nitrogens is 2. The molecule has 2 heterocycles. The third-order valence-corrected chi connectivity index (χ3v) is 4.48. The number of carbonyl (C=O) groups excluding carboxylic acids is 1. The lowest BCUT2D eigenvalue weighted by Gasteiger charge is -2.31. The normalized spacial score (nSPS) is 15.7. The van der Waals surface area contributed by atoms with Gasteiger partial charge in [-0.2, -0.15) is 13.2 Å². The zero-order chi connectivity index (χ0) is 18.6. The molecule has 0 saturated carbocycles. The number of benzene rings is 1. The number of carbonyl (C=O) groups is 1. The number of rotatable bonds is 4. The predicted octanol–water partition coefficient (Wildman–Crippen LogP) is 3.03. The van der Waals surface area contributed by atoms with Crippen molar-refractivity contribution in [2.24, 2.45) is 5.92 Å². The highest BCUT2D eigenvalue weighted by Crippen LogP contribution is 2.31. The van der Waals surface area contributed by atoms with Crippen molar-refractivity contribution in [1.82, 2.24) is 15.3 Å². The van der Waals surface area contributed by atoms with E-state index in [1.54, 1.807) is 18.5 Å². The molecule has 8 heteroatoms. The molecule has 1 amide bonds. The first kappa shape index (κ1) is 18.2. The lowest BCUT2D eigenvalue weighted by Crippen LogP contribution is -2.41. The number of halogens is 3. The summed E-state index contributed by atoms with van der Waals surface area (Å²) in [4.78, 5) is 22.7. The summed E-state index contributed by atoms with van der Waals surface area (Å²) in [7, 11) is 0. The topological polar surface area (TPSA) is 58.1 Å². The van der Waals surface area contributed by atoms with Crippen molar-refractivity contribution < 1.29 is 18.0 Å². The van der Waals surface area contributed by atoms with Crippen LogP contribution in [0.15, 0.2) is 42.7 Å². The zero-order valence-electron chi connectivity index (χ0n) is 14.0. The molecule has 138 valence electrons. The van der Waals surface area contributed by atoms with E-state index in [0.717, 1.165) is 6.07 Å². The quantitative estimate of drug-likeness (QED) is 0.906. The minimum atomic E-state index is -4.43. The average molecular weight is 364 g/mol. The van der Waals surface area contributed by atoms with Crippen molar-refractivity contribution in [2.45, 2.75) is 25.6 Å². The molecular formula is C18H19F3N4O. The van der Waals surface area contributed by atoms with E-state index >= 15 is 0 Å². The molecular weight excluding hydrogens is 345 g/mol. The number of amides is 1. The molecule has 26 heavy (non-hydrogen) atoms. The van der Waals surface area contributed by atoms with Crippen LogP contribution in [0.4, 0.5) is 19.1 Å². The Hall–Kier alpha value is -2.64. The summed E-state index contributed by atoms with van der Waals surface area (Å²) >= 11 is 0. The summed E-state index contributed by atoms with van der Waals surface area (Å²) < 4.78 is 39.0. The molecule has 5 nitrogen and oxygen atoms in total. The first-order valence-electron chi connectivity index (χ1n) is 8.40. The van der Waals surface area contributed by atoms with Crippen LogP contribution in [0.25, 0.3) is 0 Å². The van der Waals surface area contributed by atoms with E-state index in [1.807, 2.05) is 4.90 Å². The van der Waals surface area contributed by atoms with Crippen LogP contribution in [0.1, 0.15) is 24.0 Å². The summed E-state index contributed by atoms with van der Waals surface area (Å²) in [5, 5.41) is 2.65. The molecule has 0 atom stereocenters. The van der Waals surface area contributed by atoms with Crippen LogP contribution < -0.4 is 10.2 Å². The number of hydrogen-bond donors (Lipinski definition) is 1. The van der Waals surface area contributed by atoms with Gasteiger partial charge in [0.15, 0.2) is 0 Å². The molecule has 1 saturated heterocycles. The number of hydrogen-bond acceptors (Lipinski definition) is 4. The molecule has 1 aliphatic heterocycles. The van der Waals surface area contributed by atoms with Gasteiger partial charge in [0.25, 0.3) is 0 Å². The van der Waals surface area contributed by atoms with Gasteiger partial charge in [-0.15, -0.1) is 0 Å². The van der Waals surface area contributed by atoms with Crippen LogP contribution in [-0.4, -0.2) is 29.0 Å². The highest BCUT2D eigenvalue weighted by atomic mass is 19.4. The maximum Gasteiger partial charge on any atom is 0.416 e. The second kappa shape index (κ2) is 7.72. The molecule has 1 fully saturated rings. The average Bonchev–Trinajstić information content (AvgIpc) is 2.66. The second-order valence-electron chi connectivity index (χ2n) is 6.18. The Morgan fingerprint density at radius 3 is 2.42 bits per heavy atom. The fourth-order valence-electron chi connectivity index (χ4n) is 3.07. The van der Waals surface area contributed by atoms with Gasteiger partial charge in [0.2, 0.25) is 11.9 Å². The fraction of sp³-hybridized carbons (Fsp3) is 0.389. The molecule has 1 N–H and O–H groups in total. The van der Waals surface area contributed by atoms with Crippen molar-refractivity contribution in [3.8, 4) is 0 Å². The van der Waals surface area contributed by atoms with Crippen LogP contribution >= 0.6 is 0 Å². The van der Waals surface area contributed by atoms with E-state index in [4.69, 9.17) is 0 Å². The van der Waals surface area contributed by atoms with Gasteiger partial charge in [-0.05, 0) is 30.5 Å². The van der Waals surface area contributed by atoms with E-state index in [2.05, 4.69) is 15.3 Å². The Morgan fingerprint density at radius 1 is 1.12 bits per heavy atom. The molecule has 1 aromatic carbocycles. The minimum Gasteiger partial charge on any atom is -0.352 e. The minimum absolute atomic E-state index is 0.0727. The molecule has 2 aromatic rings. The van der Waals surface area contributed by atoms with Gasteiger partial charge in [-0.1, -0.05) is 18.2 Å². The maximum atomic E-state index is 13.0. The summed E-state index contributed by atoms with van der Waals surface area (Å²) in [5.41, 5.74) is -0.639. The molecule has 0 spiro atoms. The Labute approximate surface area is 149 Å². The third kappa shape index (κ3) is 4.30. The van der Waals surface area contributed by atoms with E-state index < -0.39 is 11.7 Å². The smallest absolute Gasteiger partial charge is 0.352 e. The van der Waals surface area contributed by atoms with Gasteiger partial charge in [0, 0.05) is 37.9 Å². The van der Waals surface area contributed by atoms with Gasteiger partial charge in [0.1, 0.15) is 0 Å². The van der Waals surface area contributed by atoms with Gasteiger partial charge < -0.3 is 10.2 Å². The number of alkyl halides is 3. The zero-order valence-corrected chi connectivity index (χ0v) is 14.0. The SMILES string of the molecule is O=C(NCc1ccccc1C(F)(F)F)C1CCN(c2ncccn2)CC1. The van der Waals surface area contributed by atoms with Crippen molar-refractivity contribution >= 4 is 11.9 Å². The van der Waals surface area contributed by atoms with Crippen LogP contribution in [0.3, 0.4) is 0 Å². The van der Waals surface area contributed by atoms with E-state index in [1.165, 1.54) is 18.2 Å². The maximum absolute atomic E-state index is 13.0. The van der Waals surface area contributed by atoms with Crippen LogP contribution in [0.2, 0.25) is 0 Å². The number of anilines is 1. The van der Waals surface area contributed by atoms with Crippen molar-refractivity contribution in [2.75, 3.05) is 18.0 Å². The van der Waals surface area contributed by atoms with Gasteiger partial charge in [0.05, 0.1) is 5.56 Å². The van der Waals surface area contributed by atoms with Crippen molar-refractivity contribution in [3.63, 3.8) is 0 Å². The standard InChI is InChI=1S/C18H19F3N4O/c19-18(20,21)15-5-2-1-4-14(15)12-24-16(26)13-6-10-25(11-7-13)17-22-8-3-9-23-17/h1-5,8-9,13H,6-7,10-12H2,(H,24,26). The van der Waals surface area contributed by atoms with E-state index in [-0.39, 0.29) is 23.9 Å². The Bertz CT molecular complexity index is 744. The van der Waals surface area contributed by atoms with Crippen LogP contribution in [0, 0.1) is 5.92 Å². The Balaban J connectivity index is 1.54. The van der Waals surface area contributed by atoms with Crippen LogP contribution in [-0.2, 0) is 17.5 Å². The number of nitrogens with one attached hydrogen (secondary N) is 1. The molecule has 0 bridgehead atoms. The first-order chi connectivity index (χ1) is 12.4. The van der Waals surface area contributed by atoms with Crippen molar-refractivity contribution in [3.05, 3.63) is 53.9 Å². The molecule has 0 radical (unpaired) electrons. The molecule has 1 aromatic heterocycles. The second-order valence-corrected chi connectivity index (χ2v) is 6.18. The fourth-order valence-corrected chi connectivity index (χ4v) is 3.07. The highest BCUT2D eigenvalue weighted by Gasteiger charge is 2.33. The summed E-state index contributed by atoms with van der Waals surface area (Å²) in [6.45, 7) is 1.15. The third-order valence-electron chi connectivity index (χ3n) is 4.48. The molecule has 0 unspecified atom stereocenters. The number of nitrogens with zero attached hydrogens (tertiary/aromatic N) is 3. The van der Waals surface area contributed by atoms with Gasteiger partial charge in [-0.25, -0.2) is 9.97 Å².